The molecule has 0 amide bonds. The first-order chi connectivity index (χ1) is 15.5. The Morgan fingerprint density at radius 1 is 0.469 bits per heavy atom. The first kappa shape index (κ1) is 19.4. The molecule has 6 rings (SSSR count). The van der Waals surface area contributed by atoms with Crippen LogP contribution in [0.25, 0.3) is 43.6 Å². The quantitative estimate of drug-likeness (QED) is 0.213. The van der Waals surface area contributed by atoms with E-state index in [1.54, 1.807) is 24.3 Å². The van der Waals surface area contributed by atoms with Crippen molar-refractivity contribution < 1.29 is 0 Å². The summed E-state index contributed by atoms with van der Waals surface area (Å²) < 4.78 is 0. The van der Waals surface area contributed by atoms with Crippen molar-refractivity contribution in [1.82, 2.24) is 9.97 Å². The third-order valence-corrected chi connectivity index (χ3v) is 5.46. The predicted octanol–water partition coefficient (Wildman–Crippen LogP) is 4.53. The number of anilines is 2. The second-order valence-electron chi connectivity index (χ2n) is 7.61. The van der Waals surface area contributed by atoms with Crippen LogP contribution >= 0.6 is 0 Å². The molecule has 0 aliphatic carbocycles. The fourth-order valence-corrected chi connectivity index (χ4v) is 3.88. The van der Waals surface area contributed by atoms with Gasteiger partial charge in [0.05, 0.1) is 0 Å². The minimum atomic E-state index is 0.0247. The summed E-state index contributed by atoms with van der Waals surface area (Å²) in [4.78, 5) is 30.8. The van der Waals surface area contributed by atoms with Crippen LogP contribution in [0.15, 0.2) is 94.5 Å². The van der Waals surface area contributed by atoms with Crippen molar-refractivity contribution in [3.05, 3.63) is 105 Å². The van der Waals surface area contributed by atoms with E-state index in [1.165, 1.54) is 0 Å². The van der Waals surface area contributed by atoms with Crippen LogP contribution in [0.1, 0.15) is 0 Å². The van der Waals surface area contributed by atoms with E-state index in [-0.39, 0.29) is 10.9 Å². The molecule has 0 radical (unpaired) electrons. The lowest BCUT2D eigenvalue weighted by Gasteiger charge is -2.02. The molecule has 6 aromatic rings. The fourth-order valence-electron chi connectivity index (χ4n) is 3.88. The van der Waals surface area contributed by atoms with Gasteiger partial charge in [0.25, 0.3) is 0 Å². The van der Waals surface area contributed by atoms with E-state index in [1.807, 2.05) is 60.7 Å². The van der Waals surface area contributed by atoms with Gasteiger partial charge in [-0.1, -0.05) is 24.3 Å². The van der Waals surface area contributed by atoms with Crippen LogP contribution in [0.5, 0.6) is 0 Å². The van der Waals surface area contributed by atoms with E-state index in [0.717, 1.165) is 22.1 Å². The summed E-state index contributed by atoms with van der Waals surface area (Å²) in [5.74, 6) is 0. The minimum Gasteiger partial charge on any atom is -0.399 e. The highest BCUT2D eigenvalue weighted by Gasteiger charge is 2.05. The van der Waals surface area contributed by atoms with Crippen LogP contribution in [0, 0.1) is 0 Å². The molecule has 4 aromatic carbocycles. The van der Waals surface area contributed by atoms with E-state index in [9.17, 15) is 9.59 Å². The zero-order valence-electron chi connectivity index (χ0n) is 17.1. The van der Waals surface area contributed by atoms with Crippen molar-refractivity contribution in [3.63, 3.8) is 0 Å². The summed E-state index contributed by atoms with van der Waals surface area (Å²) in [6.07, 6.45) is 0. The summed E-state index contributed by atoms with van der Waals surface area (Å²) in [5.41, 5.74) is 16.0. The first-order valence-corrected chi connectivity index (χ1v) is 10.1. The lowest BCUT2D eigenvalue weighted by atomic mass is 10.1. The molecule has 2 heterocycles. The molecule has 0 atom stereocenters. The highest BCUT2D eigenvalue weighted by Crippen LogP contribution is 2.17. The number of hydrogen-bond acceptors (Lipinski definition) is 4. The Bertz CT molecular complexity index is 1620. The molecule has 0 aliphatic rings. The Morgan fingerprint density at radius 3 is 1.28 bits per heavy atom. The molecule has 32 heavy (non-hydrogen) atoms. The van der Waals surface area contributed by atoms with Gasteiger partial charge >= 0.3 is 0 Å². The lowest BCUT2D eigenvalue weighted by Crippen LogP contribution is -2.04. The van der Waals surface area contributed by atoms with Gasteiger partial charge in [-0.05, 0) is 60.7 Å². The molecule has 0 aliphatic heterocycles. The van der Waals surface area contributed by atoms with Crippen LogP contribution < -0.4 is 22.3 Å². The maximum atomic E-state index is 12.2. The highest BCUT2D eigenvalue weighted by molar-refractivity contribution is 5.94. The third kappa shape index (κ3) is 3.33. The van der Waals surface area contributed by atoms with Crippen LogP contribution in [-0.2, 0) is 0 Å². The van der Waals surface area contributed by atoms with Crippen LogP contribution in [0.3, 0.4) is 0 Å². The van der Waals surface area contributed by atoms with Crippen LogP contribution in [0.4, 0.5) is 11.4 Å². The molecule has 156 valence electrons. The highest BCUT2D eigenvalue weighted by atomic mass is 16.1. The largest absolute Gasteiger partial charge is 0.399 e. The second kappa shape index (κ2) is 7.59. The van der Waals surface area contributed by atoms with E-state index >= 15 is 0 Å². The summed E-state index contributed by atoms with van der Waals surface area (Å²) in [5, 5.41) is 2.67. The van der Waals surface area contributed by atoms with E-state index in [2.05, 4.69) is 9.97 Å². The van der Waals surface area contributed by atoms with Crippen molar-refractivity contribution >= 4 is 55.0 Å². The Balaban J connectivity index is 0.000000135. The van der Waals surface area contributed by atoms with Crippen molar-refractivity contribution in [2.45, 2.75) is 0 Å². The monoisotopic (exact) mass is 420 g/mol. The van der Waals surface area contributed by atoms with Crippen molar-refractivity contribution in [3.8, 4) is 0 Å². The lowest BCUT2D eigenvalue weighted by molar-refractivity contribution is 1.48. The van der Waals surface area contributed by atoms with Crippen LogP contribution in [0.2, 0.25) is 0 Å². The molecule has 0 saturated heterocycles. The zero-order chi connectivity index (χ0) is 22.2. The normalized spacial score (nSPS) is 11.0. The minimum absolute atomic E-state index is 0.0247. The molecule has 0 bridgehead atoms. The maximum Gasteiger partial charge on any atom is 0.197 e. The molecule has 0 fully saturated rings. The standard InChI is InChI=1S/2C13H10N2O/c2*14-8-5-6-12-10(7-8)13(16)9-3-1-2-4-11(9)15-12/h2*1-7H,14H2,(H,15,16). The fraction of sp³-hybridized carbons (Fsp3) is 0. The topological polar surface area (TPSA) is 118 Å². The van der Waals surface area contributed by atoms with Gasteiger partial charge in [0.1, 0.15) is 0 Å². The smallest absolute Gasteiger partial charge is 0.197 e. The zero-order valence-corrected chi connectivity index (χ0v) is 17.1. The van der Waals surface area contributed by atoms with Gasteiger partial charge in [-0.3, -0.25) is 9.59 Å². The second-order valence-corrected chi connectivity index (χ2v) is 7.61. The summed E-state index contributed by atoms with van der Waals surface area (Å²) in [6.45, 7) is 0. The molecule has 2 aromatic heterocycles. The molecule has 6 N–H and O–H groups in total. The third-order valence-electron chi connectivity index (χ3n) is 5.46. The number of hydrogen-bond donors (Lipinski definition) is 4. The van der Waals surface area contributed by atoms with Gasteiger partial charge in [-0.2, -0.15) is 0 Å². The molecular weight excluding hydrogens is 400 g/mol. The van der Waals surface area contributed by atoms with Gasteiger partial charge in [-0.25, -0.2) is 0 Å². The van der Waals surface area contributed by atoms with Crippen molar-refractivity contribution in [1.29, 1.82) is 0 Å². The van der Waals surface area contributed by atoms with Gasteiger partial charge in [0, 0.05) is 55.0 Å². The molecule has 0 saturated carbocycles. The number of aromatic amines is 2. The number of nitrogens with one attached hydrogen (secondary N) is 2. The molecule has 6 nitrogen and oxygen atoms in total. The van der Waals surface area contributed by atoms with Crippen LogP contribution in [-0.4, -0.2) is 9.97 Å². The number of fused-ring (bicyclic) bond motifs is 4. The Morgan fingerprint density at radius 2 is 0.844 bits per heavy atom. The number of H-pyrrole nitrogens is 2. The molecule has 6 heteroatoms. The molecule has 0 unspecified atom stereocenters. The summed E-state index contributed by atoms with van der Waals surface area (Å²) in [7, 11) is 0. The van der Waals surface area contributed by atoms with E-state index in [4.69, 9.17) is 11.5 Å². The van der Waals surface area contributed by atoms with Gasteiger partial charge in [0.15, 0.2) is 10.9 Å². The Hall–Kier alpha value is -4.58. The summed E-state index contributed by atoms with van der Waals surface area (Å²) in [6, 6.07) is 25.6. The van der Waals surface area contributed by atoms with Gasteiger partial charge in [0.2, 0.25) is 0 Å². The molecular formula is C26H20N4O2. The van der Waals surface area contributed by atoms with Gasteiger partial charge < -0.3 is 21.4 Å². The van der Waals surface area contributed by atoms with Crippen molar-refractivity contribution in [2.75, 3.05) is 11.5 Å². The van der Waals surface area contributed by atoms with Crippen molar-refractivity contribution in [2.24, 2.45) is 0 Å². The average molecular weight is 420 g/mol. The van der Waals surface area contributed by atoms with E-state index in [0.29, 0.717) is 32.9 Å². The number of pyridine rings is 2. The average Bonchev–Trinajstić information content (AvgIpc) is 2.81. The summed E-state index contributed by atoms with van der Waals surface area (Å²) >= 11 is 0. The number of benzene rings is 4. The number of nitrogens with two attached hydrogens (primary N) is 2. The first-order valence-electron chi connectivity index (χ1n) is 10.1. The number of aromatic nitrogens is 2. The Labute approximate surface area is 182 Å². The maximum absolute atomic E-state index is 12.2. The molecule has 0 spiro atoms. The number of nitrogen functional groups attached to an aromatic ring is 2. The van der Waals surface area contributed by atoms with E-state index < -0.39 is 0 Å². The SMILES string of the molecule is Nc1ccc2[nH]c3ccccc3c(=O)c2c1.Nc1ccc2[nH]c3ccccc3c(=O)c2c1. The Kier molecular flexibility index (Phi) is 4.60. The number of para-hydroxylation sites is 2. The van der Waals surface area contributed by atoms with Gasteiger partial charge in [-0.15, -0.1) is 0 Å². The number of rotatable bonds is 0. The predicted molar refractivity (Wildman–Crippen MR) is 133 cm³/mol.